The van der Waals surface area contributed by atoms with Crippen LogP contribution in [-0.2, 0) is 14.3 Å². The van der Waals surface area contributed by atoms with Gasteiger partial charge in [0.2, 0.25) is 5.91 Å². The SMILES string of the molecule is Cc1cc(C)cc(C(C(=O)Nc2ccc3ccccc3c2)N(C(=O)C(C)NC(=O)OC(C)(C)C)C(C)C)c1. The van der Waals surface area contributed by atoms with E-state index in [0.29, 0.717) is 11.3 Å². The average Bonchev–Trinajstić information content (AvgIpc) is 2.79. The molecule has 7 heteroatoms. The molecule has 0 aliphatic rings. The molecule has 3 aromatic carbocycles. The minimum atomic E-state index is -0.921. The van der Waals surface area contributed by atoms with Crippen LogP contribution >= 0.6 is 0 Å². The van der Waals surface area contributed by atoms with Gasteiger partial charge in [0.25, 0.3) is 5.91 Å². The van der Waals surface area contributed by atoms with Crippen LogP contribution in [0.4, 0.5) is 10.5 Å². The molecule has 0 fully saturated rings. The first-order valence-corrected chi connectivity index (χ1v) is 12.9. The summed E-state index contributed by atoms with van der Waals surface area (Å²) in [6.45, 7) is 14.5. The smallest absolute Gasteiger partial charge is 0.408 e. The maximum atomic E-state index is 13.9. The first kappa shape index (κ1) is 28.7. The summed E-state index contributed by atoms with van der Waals surface area (Å²) in [6.07, 6.45) is -0.689. The maximum absolute atomic E-state index is 13.9. The number of amides is 3. The van der Waals surface area contributed by atoms with Gasteiger partial charge in [0.15, 0.2) is 0 Å². The molecular formula is C31H39N3O4. The van der Waals surface area contributed by atoms with Gasteiger partial charge in [-0.3, -0.25) is 9.59 Å². The van der Waals surface area contributed by atoms with E-state index in [1.807, 2.05) is 88.4 Å². The molecule has 0 aliphatic heterocycles. The van der Waals surface area contributed by atoms with Crippen LogP contribution in [0.15, 0.2) is 60.7 Å². The van der Waals surface area contributed by atoms with E-state index in [1.54, 1.807) is 27.7 Å². The maximum Gasteiger partial charge on any atom is 0.408 e. The number of nitrogens with zero attached hydrogens (tertiary/aromatic N) is 1. The average molecular weight is 518 g/mol. The van der Waals surface area contributed by atoms with Crippen molar-refractivity contribution in [3.05, 3.63) is 77.4 Å². The van der Waals surface area contributed by atoms with E-state index in [2.05, 4.69) is 10.6 Å². The minimum absolute atomic E-state index is 0.335. The van der Waals surface area contributed by atoms with E-state index >= 15 is 0 Å². The molecule has 3 rings (SSSR count). The number of carbonyl (C=O) groups excluding carboxylic acids is 3. The van der Waals surface area contributed by atoms with E-state index in [0.717, 1.165) is 21.9 Å². The van der Waals surface area contributed by atoms with Gasteiger partial charge in [0.05, 0.1) is 0 Å². The third-order valence-corrected chi connectivity index (χ3v) is 6.02. The van der Waals surface area contributed by atoms with Crippen molar-refractivity contribution in [2.24, 2.45) is 0 Å². The summed E-state index contributed by atoms with van der Waals surface area (Å²) in [4.78, 5) is 41.6. The zero-order chi connectivity index (χ0) is 28.2. The molecule has 0 aliphatic carbocycles. The molecule has 0 saturated heterocycles. The standard InChI is InChI=1S/C31H39N3O4/c1-19(2)34(29(36)22(5)32-30(37)38-31(6,7)8)27(25-16-20(3)15-21(4)17-25)28(35)33-26-14-13-23-11-9-10-12-24(23)18-26/h9-19,22,27H,1-8H3,(H,32,37)(H,33,35). The molecule has 0 heterocycles. The Morgan fingerprint density at radius 3 is 2.03 bits per heavy atom. The number of anilines is 1. The van der Waals surface area contributed by atoms with E-state index in [4.69, 9.17) is 4.74 Å². The second kappa shape index (κ2) is 11.7. The summed E-state index contributed by atoms with van der Waals surface area (Å²) in [6, 6.07) is 17.3. The lowest BCUT2D eigenvalue weighted by Crippen LogP contribution is -2.53. The third-order valence-electron chi connectivity index (χ3n) is 6.02. The highest BCUT2D eigenvalue weighted by molar-refractivity contribution is 6.00. The number of fused-ring (bicyclic) bond motifs is 1. The lowest BCUT2D eigenvalue weighted by atomic mass is 9.97. The Kier molecular flexibility index (Phi) is 8.82. The molecule has 2 N–H and O–H groups in total. The number of alkyl carbamates (subject to hydrolysis) is 1. The van der Waals surface area contributed by atoms with Gasteiger partial charge < -0.3 is 20.3 Å². The van der Waals surface area contributed by atoms with Crippen molar-refractivity contribution in [2.75, 3.05) is 5.32 Å². The van der Waals surface area contributed by atoms with Crippen LogP contribution in [0.5, 0.6) is 0 Å². The van der Waals surface area contributed by atoms with E-state index in [9.17, 15) is 14.4 Å². The largest absolute Gasteiger partial charge is 0.444 e. The van der Waals surface area contributed by atoms with Crippen LogP contribution < -0.4 is 10.6 Å². The van der Waals surface area contributed by atoms with Gasteiger partial charge >= 0.3 is 6.09 Å². The molecule has 0 bridgehead atoms. The summed E-state index contributed by atoms with van der Waals surface area (Å²) in [7, 11) is 0. The molecule has 7 nitrogen and oxygen atoms in total. The van der Waals surface area contributed by atoms with Crippen molar-refractivity contribution >= 4 is 34.4 Å². The van der Waals surface area contributed by atoms with Gasteiger partial charge in [-0.2, -0.15) is 0 Å². The topological polar surface area (TPSA) is 87.7 Å². The van der Waals surface area contributed by atoms with Gasteiger partial charge in [0, 0.05) is 11.7 Å². The molecule has 2 atom stereocenters. The zero-order valence-electron chi connectivity index (χ0n) is 23.6. The van der Waals surface area contributed by atoms with Crippen LogP contribution in [-0.4, -0.2) is 40.5 Å². The fraction of sp³-hybridized carbons (Fsp3) is 0.387. The number of hydrogen-bond acceptors (Lipinski definition) is 4. The highest BCUT2D eigenvalue weighted by atomic mass is 16.6. The second-order valence-electron chi connectivity index (χ2n) is 11.1. The van der Waals surface area contributed by atoms with Crippen LogP contribution in [0.2, 0.25) is 0 Å². The monoisotopic (exact) mass is 517 g/mol. The number of ether oxygens (including phenoxy) is 1. The summed E-state index contributed by atoms with van der Waals surface area (Å²) in [5.74, 6) is -0.722. The third kappa shape index (κ3) is 7.34. The van der Waals surface area contributed by atoms with Crippen LogP contribution in [0.25, 0.3) is 10.8 Å². The predicted molar refractivity (Wildman–Crippen MR) is 152 cm³/mol. The Hall–Kier alpha value is -3.87. The summed E-state index contributed by atoms with van der Waals surface area (Å²) >= 11 is 0. The number of benzene rings is 3. The fourth-order valence-electron chi connectivity index (χ4n) is 4.53. The predicted octanol–water partition coefficient (Wildman–Crippen LogP) is 6.29. The van der Waals surface area contributed by atoms with E-state index < -0.39 is 23.8 Å². The lowest BCUT2D eigenvalue weighted by Gasteiger charge is -2.36. The van der Waals surface area contributed by atoms with Crippen molar-refractivity contribution in [2.45, 2.75) is 79.1 Å². The zero-order valence-corrected chi connectivity index (χ0v) is 23.6. The van der Waals surface area contributed by atoms with Crippen LogP contribution in [0.1, 0.15) is 64.3 Å². The lowest BCUT2D eigenvalue weighted by molar-refractivity contribution is -0.142. The molecular weight excluding hydrogens is 478 g/mol. The normalized spacial score (nSPS) is 13.1. The van der Waals surface area contributed by atoms with Gasteiger partial charge in [-0.1, -0.05) is 59.7 Å². The number of aryl methyl sites for hydroxylation is 2. The van der Waals surface area contributed by atoms with E-state index in [1.165, 1.54) is 4.90 Å². The van der Waals surface area contributed by atoms with Crippen molar-refractivity contribution in [3.63, 3.8) is 0 Å². The molecule has 3 amide bonds. The summed E-state index contributed by atoms with van der Waals surface area (Å²) in [5, 5.41) is 7.72. The Morgan fingerprint density at radius 2 is 1.45 bits per heavy atom. The fourth-order valence-corrected chi connectivity index (χ4v) is 4.53. The van der Waals surface area contributed by atoms with Crippen molar-refractivity contribution < 1.29 is 19.1 Å². The number of carbonyl (C=O) groups is 3. The van der Waals surface area contributed by atoms with Gasteiger partial charge in [-0.15, -0.1) is 0 Å². The Labute approximate surface area is 225 Å². The minimum Gasteiger partial charge on any atom is -0.444 e. The highest BCUT2D eigenvalue weighted by Crippen LogP contribution is 2.29. The molecule has 38 heavy (non-hydrogen) atoms. The van der Waals surface area contributed by atoms with Crippen molar-refractivity contribution in [1.29, 1.82) is 0 Å². The quantitative estimate of drug-likeness (QED) is 0.386. The summed E-state index contributed by atoms with van der Waals surface area (Å²) in [5.41, 5.74) is 2.61. The van der Waals surface area contributed by atoms with Crippen molar-refractivity contribution in [3.8, 4) is 0 Å². The molecule has 3 aromatic rings. The molecule has 2 unspecified atom stereocenters. The first-order chi connectivity index (χ1) is 17.7. The molecule has 0 radical (unpaired) electrons. The Morgan fingerprint density at radius 1 is 0.842 bits per heavy atom. The van der Waals surface area contributed by atoms with Gasteiger partial charge in [-0.05, 0) is 83.9 Å². The summed E-state index contributed by atoms with van der Waals surface area (Å²) < 4.78 is 5.34. The van der Waals surface area contributed by atoms with E-state index in [-0.39, 0.29) is 17.9 Å². The number of nitrogens with one attached hydrogen (secondary N) is 2. The van der Waals surface area contributed by atoms with Gasteiger partial charge in [0.1, 0.15) is 17.7 Å². The second-order valence-corrected chi connectivity index (χ2v) is 11.1. The van der Waals surface area contributed by atoms with Crippen LogP contribution in [0.3, 0.4) is 0 Å². The van der Waals surface area contributed by atoms with Crippen molar-refractivity contribution in [1.82, 2.24) is 10.2 Å². The molecule has 202 valence electrons. The Balaban J connectivity index is 1.98. The number of hydrogen-bond donors (Lipinski definition) is 2. The molecule has 0 saturated carbocycles. The van der Waals surface area contributed by atoms with Gasteiger partial charge in [-0.25, -0.2) is 4.79 Å². The Bertz CT molecular complexity index is 1310. The van der Waals surface area contributed by atoms with Crippen LogP contribution in [0, 0.1) is 13.8 Å². The molecule has 0 spiro atoms. The molecule has 0 aromatic heterocycles. The first-order valence-electron chi connectivity index (χ1n) is 12.9. The number of rotatable bonds is 7. The highest BCUT2D eigenvalue weighted by Gasteiger charge is 2.36.